The van der Waals surface area contributed by atoms with Gasteiger partial charge in [-0.2, -0.15) is 0 Å². The molecule has 2 unspecified atom stereocenters. The maximum Gasteiger partial charge on any atom is 0.305 e. The van der Waals surface area contributed by atoms with E-state index in [0.29, 0.717) is 25.9 Å². The molecule has 0 saturated heterocycles. The summed E-state index contributed by atoms with van der Waals surface area (Å²) in [6.07, 6.45) is 66.3. The molecule has 0 aliphatic rings. The lowest BCUT2D eigenvalue weighted by molar-refractivity contribution is -0.143. The van der Waals surface area contributed by atoms with E-state index in [2.05, 4.69) is 31.3 Å². The minimum absolute atomic E-state index is 0.00201. The molecule has 6 heteroatoms. The van der Waals surface area contributed by atoms with Gasteiger partial charge in [-0.05, 0) is 51.4 Å². The Morgan fingerprint density at radius 3 is 1.11 bits per heavy atom. The number of hydrogen-bond acceptors (Lipinski definition) is 5. The number of aliphatic hydroxyl groups is 2. The highest BCUT2D eigenvalue weighted by atomic mass is 16.5. The summed E-state index contributed by atoms with van der Waals surface area (Å²) in [6.45, 7) is 4.94. The van der Waals surface area contributed by atoms with Gasteiger partial charge in [-0.25, -0.2) is 0 Å². The van der Waals surface area contributed by atoms with Crippen molar-refractivity contribution < 1.29 is 24.5 Å². The number of carbonyl (C=O) groups is 2. The fraction of sp³-hybridized carbons (Fsp3) is 0.933. The summed E-state index contributed by atoms with van der Waals surface area (Å²) in [7, 11) is 0. The first-order valence-electron chi connectivity index (χ1n) is 29.9. The third-order valence-corrected chi connectivity index (χ3v) is 14.1. The smallest absolute Gasteiger partial charge is 0.305 e. The van der Waals surface area contributed by atoms with Crippen molar-refractivity contribution in [3.05, 3.63) is 12.2 Å². The van der Waals surface area contributed by atoms with E-state index in [-0.39, 0.29) is 18.5 Å². The molecule has 0 fully saturated rings. The third kappa shape index (κ3) is 52.0. The molecule has 0 aromatic carbocycles. The van der Waals surface area contributed by atoms with E-state index in [0.717, 1.165) is 44.9 Å². The lowest BCUT2D eigenvalue weighted by atomic mass is 10.0. The number of allylic oxidation sites excluding steroid dienone is 2. The van der Waals surface area contributed by atoms with E-state index in [1.807, 2.05) is 0 Å². The monoisotopic (exact) mass is 932 g/mol. The maximum atomic E-state index is 12.5. The Kier molecular flexibility index (Phi) is 55.0. The van der Waals surface area contributed by atoms with Crippen molar-refractivity contribution in [3.8, 4) is 0 Å². The number of hydrogen-bond donors (Lipinski definition) is 3. The zero-order valence-corrected chi connectivity index (χ0v) is 44.7. The zero-order chi connectivity index (χ0) is 47.9. The molecule has 0 rings (SSSR count). The number of nitrogens with one attached hydrogen (secondary N) is 1. The lowest BCUT2D eigenvalue weighted by Crippen LogP contribution is -2.45. The van der Waals surface area contributed by atoms with Crippen molar-refractivity contribution >= 4 is 11.9 Å². The average Bonchev–Trinajstić information content (AvgIpc) is 3.32. The molecular weight excluding hydrogens is 815 g/mol. The Hall–Kier alpha value is -1.40. The van der Waals surface area contributed by atoms with Gasteiger partial charge >= 0.3 is 5.97 Å². The Morgan fingerprint density at radius 2 is 0.712 bits per heavy atom. The molecule has 6 nitrogen and oxygen atoms in total. The highest BCUT2D eigenvalue weighted by Gasteiger charge is 2.20. The van der Waals surface area contributed by atoms with E-state index >= 15 is 0 Å². The number of ether oxygens (including phenoxy) is 1. The second-order valence-electron chi connectivity index (χ2n) is 20.7. The zero-order valence-electron chi connectivity index (χ0n) is 44.7. The minimum Gasteiger partial charge on any atom is -0.466 e. The fourth-order valence-electron chi connectivity index (χ4n) is 9.46. The van der Waals surface area contributed by atoms with Crippen molar-refractivity contribution in [1.82, 2.24) is 5.32 Å². The van der Waals surface area contributed by atoms with Gasteiger partial charge in [-0.3, -0.25) is 9.59 Å². The van der Waals surface area contributed by atoms with Crippen LogP contribution >= 0.6 is 0 Å². The van der Waals surface area contributed by atoms with Crippen LogP contribution in [0.1, 0.15) is 335 Å². The topological polar surface area (TPSA) is 95.9 Å². The summed E-state index contributed by atoms with van der Waals surface area (Å²) < 4.78 is 5.46. The second-order valence-corrected chi connectivity index (χ2v) is 20.7. The molecule has 0 aromatic heterocycles. The molecular formula is C60H117NO5. The Morgan fingerprint density at radius 1 is 0.409 bits per heavy atom. The average molecular weight is 933 g/mol. The third-order valence-electron chi connectivity index (χ3n) is 14.1. The minimum atomic E-state index is -0.667. The van der Waals surface area contributed by atoms with Crippen LogP contribution < -0.4 is 5.32 Å². The van der Waals surface area contributed by atoms with Gasteiger partial charge in [0.05, 0.1) is 25.4 Å². The van der Waals surface area contributed by atoms with Crippen LogP contribution in [0, 0.1) is 0 Å². The van der Waals surface area contributed by atoms with Crippen molar-refractivity contribution in [3.63, 3.8) is 0 Å². The van der Waals surface area contributed by atoms with E-state index in [9.17, 15) is 19.8 Å². The Balaban J connectivity index is 3.41. The molecule has 0 aliphatic heterocycles. The van der Waals surface area contributed by atoms with Gasteiger partial charge < -0.3 is 20.3 Å². The van der Waals surface area contributed by atoms with E-state index in [1.54, 1.807) is 0 Å². The second kappa shape index (κ2) is 56.2. The molecule has 0 aliphatic carbocycles. The van der Waals surface area contributed by atoms with Crippen molar-refractivity contribution in [2.75, 3.05) is 13.2 Å². The van der Waals surface area contributed by atoms with Crippen LogP contribution in [0.25, 0.3) is 0 Å². The molecule has 0 radical (unpaired) electrons. The number of unbranched alkanes of at least 4 members (excludes halogenated alkanes) is 43. The first-order valence-corrected chi connectivity index (χ1v) is 29.9. The molecule has 392 valence electrons. The van der Waals surface area contributed by atoms with Gasteiger partial charge in [-0.1, -0.05) is 283 Å². The normalized spacial score (nSPS) is 12.6. The molecule has 3 N–H and O–H groups in total. The quantitative estimate of drug-likeness (QED) is 0.0321. The van der Waals surface area contributed by atoms with Crippen LogP contribution in [-0.2, 0) is 14.3 Å². The molecule has 0 saturated carbocycles. The van der Waals surface area contributed by atoms with Gasteiger partial charge in [0.25, 0.3) is 0 Å². The summed E-state index contributed by atoms with van der Waals surface area (Å²) in [4.78, 5) is 24.5. The highest BCUT2D eigenvalue weighted by Crippen LogP contribution is 2.18. The molecule has 0 heterocycles. The largest absolute Gasteiger partial charge is 0.466 e. The van der Waals surface area contributed by atoms with E-state index in [4.69, 9.17) is 4.74 Å². The molecule has 2 atom stereocenters. The standard InChI is InChI=1S/C60H117NO5/c1-3-5-7-9-11-13-15-17-18-19-20-23-26-29-32-36-40-44-48-52-58(63)57(56-62)61-59(64)53-49-45-41-37-33-30-27-24-21-22-25-28-31-35-39-43-47-51-55-66-60(65)54-50-46-42-38-34-16-14-12-10-8-6-4-2/h12,14,57-58,62-63H,3-11,13,15-56H2,1-2H3,(H,61,64)/b14-12-. The molecule has 66 heavy (non-hydrogen) atoms. The first kappa shape index (κ1) is 64.6. The van der Waals surface area contributed by atoms with Crippen molar-refractivity contribution in [2.24, 2.45) is 0 Å². The van der Waals surface area contributed by atoms with Crippen molar-refractivity contribution in [1.29, 1.82) is 0 Å². The Bertz CT molecular complexity index is 986. The fourth-order valence-corrected chi connectivity index (χ4v) is 9.46. The van der Waals surface area contributed by atoms with E-state index < -0.39 is 12.1 Å². The molecule has 0 spiro atoms. The molecule has 0 bridgehead atoms. The van der Waals surface area contributed by atoms with Crippen molar-refractivity contribution in [2.45, 2.75) is 347 Å². The lowest BCUT2D eigenvalue weighted by Gasteiger charge is -2.22. The number of amides is 1. The first-order chi connectivity index (χ1) is 32.5. The predicted molar refractivity (Wildman–Crippen MR) is 287 cm³/mol. The van der Waals surface area contributed by atoms with Gasteiger partial charge in [0.1, 0.15) is 0 Å². The molecule has 1 amide bonds. The van der Waals surface area contributed by atoms with Crippen LogP contribution in [-0.4, -0.2) is 47.4 Å². The van der Waals surface area contributed by atoms with Gasteiger partial charge in [0.15, 0.2) is 0 Å². The summed E-state index contributed by atoms with van der Waals surface area (Å²) in [5.74, 6) is -0.0379. The SMILES string of the molecule is CCCCC/C=C\CCCCCCCC(=O)OCCCCCCCCCCCCCCCCCCCCC(=O)NC(CO)C(O)CCCCCCCCCCCCCCCCCCCCC. The van der Waals surface area contributed by atoms with Crippen LogP contribution in [0.15, 0.2) is 12.2 Å². The van der Waals surface area contributed by atoms with Crippen LogP contribution in [0.4, 0.5) is 0 Å². The van der Waals surface area contributed by atoms with Gasteiger partial charge in [0, 0.05) is 12.8 Å². The van der Waals surface area contributed by atoms with Crippen LogP contribution in [0.2, 0.25) is 0 Å². The van der Waals surface area contributed by atoms with Gasteiger partial charge in [-0.15, -0.1) is 0 Å². The molecule has 0 aromatic rings. The van der Waals surface area contributed by atoms with Gasteiger partial charge in [0.2, 0.25) is 5.91 Å². The van der Waals surface area contributed by atoms with E-state index in [1.165, 1.54) is 257 Å². The number of esters is 1. The highest BCUT2D eigenvalue weighted by molar-refractivity contribution is 5.76. The summed E-state index contributed by atoms with van der Waals surface area (Å²) >= 11 is 0. The summed E-state index contributed by atoms with van der Waals surface area (Å²) in [5.41, 5.74) is 0. The number of carbonyl (C=O) groups excluding carboxylic acids is 2. The summed E-state index contributed by atoms with van der Waals surface area (Å²) in [6, 6.07) is -0.544. The number of aliphatic hydroxyl groups excluding tert-OH is 2. The predicted octanol–water partition coefficient (Wildman–Crippen LogP) is 18.5. The van der Waals surface area contributed by atoms with Crippen LogP contribution in [0.5, 0.6) is 0 Å². The summed E-state index contributed by atoms with van der Waals surface area (Å²) in [5, 5.41) is 23.3. The number of rotatable bonds is 56. The Labute approximate surface area is 412 Å². The maximum absolute atomic E-state index is 12.5. The van der Waals surface area contributed by atoms with Crippen LogP contribution in [0.3, 0.4) is 0 Å².